The largest absolute Gasteiger partial charge is 0.497 e. The Morgan fingerprint density at radius 2 is 1.96 bits per heavy atom. The van der Waals surface area contributed by atoms with Gasteiger partial charge in [0.2, 0.25) is 0 Å². The van der Waals surface area contributed by atoms with Crippen LogP contribution in [0.2, 0.25) is 0 Å². The predicted octanol–water partition coefficient (Wildman–Crippen LogP) is 2.85. The van der Waals surface area contributed by atoms with Crippen molar-refractivity contribution in [3.05, 3.63) is 29.8 Å². The van der Waals surface area contributed by atoms with Gasteiger partial charge in [0.25, 0.3) is 0 Å². The van der Waals surface area contributed by atoms with Gasteiger partial charge in [0.1, 0.15) is 5.75 Å². The van der Waals surface area contributed by atoms with E-state index in [2.05, 4.69) is 17.0 Å². The second-order valence-electron chi connectivity index (χ2n) is 7.11. The molecule has 1 saturated heterocycles. The van der Waals surface area contributed by atoms with E-state index in [0.717, 1.165) is 44.4 Å². The van der Waals surface area contributed by atoms with Gasteiger partial charge in [-0.05, 0) is 49.3 Å². The zero-order valence-electron chi connectivity index (χ0n) is 13.9. The summed E-state index contributed by atoms with van der Waals surface area (Å²) in [6.45, 7) is 3.77. The van der Waals surface area contributed by atoms with Crippen molar-refractivity contribution in [1.29, 1.82) is 0 Å². The molecule has 3 aliphatic rings. The number of benzene rings is 1. The Labute approximate surface area is 138 Å². The van der Waals surface area contributed by atoms with Crippen LogP contribution in [0.4, 0.5) is 0 Å². The van der Waals surface area contributed by atoms with E-state index in [-0.39, 0.29) is 6.10 Å². The van der Waals surface area contributed by atoms with E-state index in [1.54, 1.807) is 7.11 Å². The molecule has 4 nitrogen and oxygen atoms in total. The molecule has 0 aromatic heterocycles. The quantitative estimate of drug-likeness (QED) is 0.807. The summed E-state index contributed by atoms with van der Waals surface area (Å²) in [7, 11) is 1.71. The molecule has 2 aliphatic carbocycles. The van der Waals surface area contributed by atoms with Crippen molar-refractivity contribution in [2.24, 2.45) is 5.92 Å². The van der Waals surface area contributed by atoms with E-state index in [1.807, 2.05) is 12.1 Å². The van der Waals surface area contributed by atoms with Crippen molar-refractivity contribution in [2.45, 2.75) is 50.5 Å². The number of hydrogen-bond acceptors (Lipinski definition) is 4. The van der Waals surface area contributed by atoms with Crippen LogP contribution < -0.4 is 4.74 Å². The van der Waals surface area contributed by atoms with E-state index >= 15 is 0 Å². The number of morpholine rings is 1. The summed E-state index contributed by atoms with van der Waals surface area (Å²) < 4.78 is 17.5. The third kappa shape index (κ3) is 3.54. The zero-order chi connectivity index (χ0) is 15.6. The molecule has 4 heteroatoms. The molecule has 4 rings (SSSR count). The first-order valence-corrected chi connectivity index (χ1v) is 8.93. The first-order chi connectivity index (χ1) is 11.3. The summed E-state index contributed by atoms with van der Waals surface area (Å²) in [5.41, 5.74) is 1.34. The average Bonchev–Trinajstić information content (AvgIpc) is 3.33. The zero-order valence-corrected chi connectivity index (χ0v) is 13.9. The Hall–Kier alpha value is -1.10. The molecule has 23 heavy (non-hydrogen) atoms. The molecule has 2 saturated carbocycles. The number of hydrogen-bond donors (Lipinski definition) is 0. The van der Waals surface area contributed by atoms with Gasteiger partial charge in [-0.15, -0.1) is 0 Å². The highest BCUT2D eigenvalue weighted by Gasteiger charge is 2.43. The lowest BCUT2D eigenvalue weighted by Crippen LogP contribution is -2.51. The van der Waals surface area contributed by atoms with Crippen LogP contribution in [0, 0.1) is 5.92 Å². The van der Waals surface area contributed by atoms with Crippen LogP contribution in [0.1, 0.15) is 31.2 Å². The highest BCUT2D eigenvalue weighted by atomic mass is 16.5. The molecule has 0 bridgehead atoms. The first kappa shape index (κ1) is 15.4. The van der Waals surface area contributed by atoms with Crippen molar-refractivity contribution in [3.63, 3.8) is 0 Å². The fraction of sp³-hybridized carbons (Fsp3) is 0.684. The molecular weight excluding hydrogens is 290 g/mol. The molecule has 3 fully saturated rings. The van der Waals surface area contributed by atoms with Crippen LogP contribution in [0.15, 0.2) is 24.3 Å². The number of fused-ring (bicyclic) bond motifs is 1. The predicted molar refractivity (Wildman–Crippen MR) is 88.6 cm³/mol. The van der Waals surface area contributed by atoms with Crippen molar-refractivity contribution in [3.8, 4) is 5.75 Å². The lowest BCUT2D eigenvalue weighted by atomic mass is 10.1. The highest BCUT2D eigenvalue weighted by molar-refractivity contribution is 5.27. The summed E-state index contributed by atoms with van der Waals surface area (Å²) in [6, 6.07) is 8.93. The summed E-state index contributed by atoms with van der Waals surface area (Å²) in [5.74, 6) is 1.75. The van der Waals surface area contributed by atoms with Gasteiger partial charge in [0, 0.05) is 25.7 Å². The Morgan fingerprint density at radius 3 is 2.70 bits per heavy atom. The molecule has 1 heterocycles. The molecule has 1 aliphatic heterocycles. The maximum Gasteiger partial charge on any atom is 0.118 e. The summed E-state index contributed by atoms with van der Waals surface area (Å²) in [4.78, 5) is 2.58. The second kappa shape index (κ2) is 6.80. The highest BCUT2D eigenvalue weighted by Crippen LogP contribution is 2.35. The molecule has 3 atom stereocenters. The van der Waals surface area contributed by atoms with Gasteiger partial charge in [-0.2, -0.15) is 0 Å². The lowest BCUT2D eigenvalue weighted by molar-refractivity contribution is -0.116. The average molecular weight is 317 g/mol. The van der Waals surface area contributed by atoms with Crippen LogP contribution in [-0.2, 0) is 16.0 Å². The minimum absolute atomic E-state index is 0.265. The van der Waals surface area contributed by atoms with Crippen LogP contribution in [-0.4, -0.2) is 50.0 Å². The van der Waals surface area contributed by atoms with Gasteiger partial charge in [-0.25, -0.2) is 0 Å². The maximum absolute atomic E-state index is 6.16. The van der Waals surface area contributed by atoms with Crippen LogP contribution in [0.25, 0.3) is 0 Å². The van der Waals surface area contributed by atoms with Crippen molar-refractivity contribution < 1.29 is 14.2 Å². The molecule has 0 radical (unpaired) electrons. The molecule has 1 aromatic carbocycles. The molecule has 0 amide bonds. The fourth-order valence-electron chi connectivity index (χ4n) is 3.88. The van der Waals surface area contributed by atoms with Gasteiger partial charge in [0.15, 0.2) is 0 Å². The third-order valence-electron chi connectivity index (χ3n) is 5.44. The van der Waals surface area contributed by atoms with Gasteiger partial charge < -0.3 is 14.2 Å². The normalized spacial score (nSPS) is 31.1. The van der Waals surface area contributed by atoms with Gasteiger partial charge in [0.05, 0.1) is 25.9 Å². The standard InChI is InChI=1S/C19H27NO3/c1-21-16-6-4-14(5-7-16)12-20-10-11-22-19-17(20)8-9-18(19)23-13-15-2-3-15/h4-7,15,17-19H,2-3,8-13H2,1H3/t17-,18-,19+/m0/s1. The molecule has 0 unspecified atom stereocenters. The minimum Gasteiger partial charge on any atom is -0.497 e. The molecule has 0 N–H and O–H groups in total. The monoisotopic (exact) mass is 317 g/mol. The van der Waals surface area contributed by atoms with Crippen molar-refractivity contribution in [2.75, 3.05) is 26.9 Å². The Balaban J connectivity index is 1.37. The molecular formula is C19H27NO3. The third-order valence-corrected chi connectivity index (χ3v) is 5.44. The topological polar surface area (TPSA) is 30.9 Å². The van der Waals surface area contributed by atoms with E-state index < -0.39 is 0 Å². The summed E-state index contributed by atoms with van der Waals surface area (Å²) in [6.07, 6.45) is 5.61. The Morgan fingerprint density at radius 1 is 1.13 bits per heavy atom. The second-order valence-corrected chi connectivity index (χ2v) is 7.11. The van der Waals surface area contributed by atoms with E-state index in [9.17, 15) is 0 Å². The van der Waals surface area contributed by atoms with E-state index in [0.29, 0.717) is 12.1 Å². The molecule has 126 valence electrons. The van der Waals surface area contributed by atoms with Crippen molar-refractivity contribution >= 4 is 0 Å². The fourth-order valence-corrected chi connectivity index (χ4v) is 3.88. The number of ether oxygens (including phenoxy) is 3. The smallest absolute Gasteiger partial charge is 0.118 e. The summed E-state index contributed by atoms with van der Waals surface area (Å²) >= 11 is 0. The van der Waals surface area contributed by atoms with Crippen LogP contribution >= 0.6 is 0 Å². The van der Waals surface area contributed by atoms with Crippen LogP contribution in [0.5, 0.6) is 5.75 Å². The molecule has 1 aromatic rings. The Bertz CT molecular complexity index is 514. The van der Waals surface area contributed by atoms with Crippen LogP contribution in [0.3, 0.4) is 0 Å². The first-order valence-electron chi connectivity index (χ1n) is 8.93. The van der Waals surface area contributed by atoms with E-state index in [1.165, 1.54) is 24.8 Å². The summed E-state index contributed by atoms with van der Waals surface area (Å²) in [5, 5.41) is 0. The number of rotatable bonds is 6. The SMILES string of the molecule is COc1ccc(CN2CCO[C@H]3[C@@H](OCC4CC4)CC[C@@H]32)cc1. The maximum atomic E-state index is 6.16. The van der Waals surface area contributed by atoms with Gasteiger partial charge in [-0.3, -0.25) is 4.90 Å². The lowest BCUT2D eigenvalue weighted by Gasteiger charge is -2.39. The minimum atomic E-state index is 0.265. The van der Waals surface area contributed by atoms with Crippen molar-refractivity contribution in [1.82, 2.24) is 4.90 Å². The number of methoxy groups -OCH3 is 1. The van der Waals surface area contributed by atoms with Gasteiger partial charge in [-0.1, -0.05) is 12.1 Å². The van der Waals surface area contributed by atoms with Gasteiger partial charge >= 0.3 is 0 Å². The number of nitrogens with zero attached hydrogens (tertiary/aromatic N) is 1. The van der Waals surface area contributed by atoms with E-state index in [4.69, 9.17) is 14.2 Å². The molecule has 0 spiro atoms. The Kier molecular flexibility index (Phi) is 4.56.